The molecule has 0 aliphatic rings. The lowest BCUT2D eigenvalue weighted by Crippen LogP contribution is -2.26. The van der Waals surface area contributed by atoms with Crippen molar-refractivity contribution in [3.05, 3.63) is 65.5 Å². The molecule has 0 amide bonds. The molecule has 0 saturated carbocycles. The van der Waals surface area contributed by atoms with E-state index < -0.39 is 0 Å². The third kappa shape index (κ3) is 4.33. The van der Waals surface area contributed by atoms with Gasteiger partial charge in [0.05, 0.1) is 6.61 Å². The number of halogens is 1. The molecule has 0 radical (unpaired) electrons. The molecule has 3 N–H and O–H groups in total. The van der Waals surface area contributed by atoms with Gasteiger partial charge in [-0.2, -0.15) is 0 Å². The van der Waals surface area contributed by atoms with Crippen LogP contribution in [0.5, 0.6) is 5.75 Å². The van der Waals surface area contributed by atoms with Crippen LogP contribution < -0.4 is 10.5 Å². The molecule has 2 aromatic rings. The highest BCUT2D eigenvalue weighted by Crippen LogP contribution is 2.15. The van der Waals surface area contributed by atoms with Crippen molar-refractivity contribution in [2.75, 3.05) is 6.61 Å². The molecule has 2 aromatic carbocycles. The Hall–Kier alpha value is -1.91. The van der Waals surface area contributed by atoms with Crippen molar-refractivity contribution in [3.8, 4) is 5.75 Å². The van der Waals surface area contributed by atoms with E-state index in [1.54, 1.807) is 12.1 Å². The van der Waals surface area contributed by atoms with Crippen molar-refractivity contribution >= 4 is 0 Å². The van der Waals surface area contributed by atoms with Gasteiger partial charge in [-0.25, -0.2) is 4.39 Å². The van der Waals surface area contributed by atoms with E-state index in [2.05, 4.69) is 0 Å². The van der Waals surface area contributed by atoms with E-state index in [4.69, 9.17) is 15.6 Å². The Morgan fingerprint density at radius 3 is 2.20 bits per heavy atom. The summed E-state index contributed by atoms with van der Waals surface area (Å²) in [6, 6.07) is 13.6. The Bertz CT molecular complexity index is 525. The van der Waals surface area contributed by atoms with Gasteiger partial charge in [-0.1, -0.05) is 24.3 Å². The number of nitrogens with two attached hydrogens (primary N) is 1. The van der Waals surface area contributed by atoms with Gasteiger partial charge < -0.3 is 15.6 Å². The highest BCUT2D eigenvalue weighted by Gasteiger charge is 2.03. The number of benzene rings is 2. The molecule has 0 fully saturated rings. The molecule has 0 aliphatic heterocycles. The molecule has 1 unspecified atom stereocenters. The van der Waals surface area contributed by atoms with Crippen LogP contribution in [0.2, 0.25) is 0 Å². The van der Waals surface area contributed by atoms with Crippen molar-refractivity contribution < 1.29 is 14.2 Å². The topological polar surface area (TPSA) is 55.5 Å². The maximum absolute atomic E-state index is 12.8. The minimum Gasteiger partial charge on any atom is -0.489 e. The van der Waals surface area contributed by atoms with Crippen molar-refractivity contribution in [1.29, 1.82) is 0 Å². The Morgan fingerprint density at radius 1 is 1.00 bits per heavy atom. The maximum Gasteiger partial charge on any atom is 0.123 e. The van der Waals surface area contributed by atoms with Gasteiger partial charge in [0.15, 0.2) is 0 Å². The number of aliphatic hydroxyl groups is 1. The summed E-state index contributed by atoms with van der Waals surface area (Å²) < 4.78 is 18.4. The molecule has 0 bridgehead atoms. The van der Waals surface area contributed by atoms with Gasteiger partial charge in [-0.15, -0.1) is 0 Å². The molecule has 1 atom stereocenters. The average molecular weight is 275 g/mol. The SMILES string of the molecule is NC(CO)Cc1ccc(OCc2ccc(F)cc2)cc1. The predicted molar refractivity (Wildman–Crippen MR) is 75.9 cm³/mol. The molecular formula is C16H18FNO2. The van der Waals surface area contributed by atoms with Crippen LogP contribution in [0.3, 0.4) is 0 Å². The van der Waals surface area contributed by atoms with Gasteiger partial charge in [-0.3, -0.25) is 0 Å². The van der Waals surface area contributed by atoms with E-state index in [9.17, 15) is 4.39 Å². The van der Waals surface area contributed by atoms with E-state index in [1.165, 1.54) is 12.1 Å². The quantitative estimate of drug-likeness (QED) is 0.850. The fourth-order valence-corrected chi connectivity index (χ4v) is 1.84. The third-order valence-corrected chi connectivity index (χ3v) is 2.97. The molecule has 0 spiro atoms. The number of hydrogen-bond acceptors (Lipinski definition) is 3. The summed E-state index contributed by atoms with van der Waals surface area (Å²) in [5.74, 6) is 0.494. The number of hydrogen-bond donors (Lipinski definition) is 2. The zero-order chi connectivity index (χ0) is 14.4. The number of rotatable bonds is 6. The number of aliphatic hydroxyl groups excluding tert-OH is 1. The minimum atomic E-state index is -0.252. The summed E-state index contributed by atoms with van der Waals surface area (Å²) in [6.45, 7) is 0.374. The van der Waals surface area contributed by atoms with Gasteiger partial charge in [-0.05, 0) is 41.8 Å². The normalized spacial score (nSPS) is 12.2. The maximum atomic E-state index is 12.8. The van der Waals surface area contributed by atoms with Crippen LogP contribution in [0.1, 0.15) is 11.1 Å². The first-order valence-corrected chi connectivity index (χ1v) is 6.50. The van der Waals surface area contributed by atoms with E-state index in [-0.39, 0.29) is 18.5 Å². The third-order valence-electron chi connectivity index (χ3n) is 2.97. The molecule has 4 heteroatoms. The molecule has 0 aliphatic carbocycles. The molecule has 106 valence electrons. The van der Waals surface area contributed by atoms with Crippen LogP contribution in [0, 0.1) is 5.82 Å². The second-order valence-corrected chi connectivity index (χ2v) is 4.71. The smallest absolute Gasteiger partial charge is 0.123 e. The Balaban J connectivity index is 1.89. The molecular weight excluding hydrogens is 257 g/mol. The highest BCUT2D eigenvalue weighted by molar-refractivity contribution is 5.28. The Labute approximate surface area is 117 Å². The minimum absolute atomic E-state index is 0.0250. The molecule has 0 aromatic heterocycles. The highest BCUT2D eigenvalue weighted by atomic mass is 19.1. The summed E-state index contributed by atoms with van der Waals surface area (Å²) in [7, 11) is 0. The predicted octanol–water partition coefficient (Wildman–Crippen LogP) is 2.27. The van der Waals surface area contributed by atoms with Gasteiger partial charge in [0.1, 0.15) is 18.2 Å². The molecule has 0 heterocycles. The summed E-state index contributed by atoms with van der Waals surface area (Å²) >= 11 is 0. The van der Waals surface area contributed by atoms with E-state index in [0.717, 1.165) is 16.9 Å². The van der Waals surface area contributed by atoms with E-state index >= 15 is 0 Å². The van der Waals surface area contributed by atoms with Gasteiger partial charge in [0.25, 0.3) is 0 Å². The first-order chi connectivity index (χ1) is 9.67. The second kappa shape index (κ2) is 7.03. The van der Waals surface area contributed by atoms with Gasteiger partial charge in [0.2, 0.25) is 0 Å². The lowest BCUT2D eigenvalue weighted by Gasteiger charge is -2.10. The van der Waals surface area contributed by atoms with Crippen LogP contribution in [-0.4, -0.2) is 17.8 Å². The number of ether oxygens (including phenoxy) is 1. The first kappa shape index (κ1) is 14.5. The summed E-state index contributed by atoms with van der Waals surface area (Å²) in [5.41, 5.74) is 7.65. The lowest BCUT2D eigenvalue weighted by molar-refractivity contribution is 0.265. The van der Waals surface area contributed by atoms with Gasteiger partial charge in [0, 0.05) is 6.04 Å². The molecule has 0 saturated heterocycles. The summed E-state index contributed by atoms with van der Waals surface area (Å²) in [4.78, 5) is 0. The molecule has 3 nitrogen and oxygen atoms in total. The van der Waals surface area contributed by atoms with E-state index in [0.29, 0.717) is 13.0 Å². The Kier molecular flexibility index (Phi) is 5.09. The zero-order valence-electron chi connectivity index (χ0n) is 11.1. The summed E-state index contributed by atoms with van der Waals surface area (Å²) in [5, 5.41) is 8.90. The lowest BCUT2D eigenvalue weighted by atomic mass is 10.1. The fourth-order valence-electron chi connectivity index (χ4n) is 1.84. The average Bonchev–Trinajstić information content (AvgIpc) is 2.48. The molecule has 20 heavy (non-hydrogen) atoms. The Morgan fingerprint density at radius 2 is 1.60 bits per heavy atom. The largest absolute Gasteiger partial charge is 0.489 e. The zero-order valence-corrected chi connectivity index (χ0v) is 11.1. The fraction of sp³-hybridized carbons (Fsp3) is 0.250. The van der Waals surface area contributed by atoms with E-state index in [1.807, 2.05) is 24.3 Å². The summed E-state index contributed by atoms with van der Waals surface area (Å²) in [6.07, 6.45) is 0.634. The van der Waals surface area contributed by atoms with Crippen LogP contribution in [0.25, 0.3) is 0 Å². The van der Waals surface area contributed by atoms with Gasteiger partial charge >= 0.3 is 0 Å². The van der Waals surface area contributed by atoms with Crippen molar-refractivity contribution in [1.82, 2.24) is 0 Å². The van der Waals surface area contributed by atoms with Crippen molar-refractivity contribution in [2.45, 2.75) is 19.1 Å². The monoisotopic (exact) mass is 275 g/mol. The first-order valence-electron chi connectivity index (χ1n) is 6.50. The second-order valence-electron chi connectivity index (χ2n) is 4.71. The standard InChI is InChI=1S/C16H18FNO2/c17-14-5-1-13(2-6-14)11-20-16-7-3-12(4-8-16)9-15(18)10-19/h1-8,15,19H,9-11,18H2. The molecule has 2 rings (SSSR count). The van der Waals surface area contributed by atoms with Crippen molar-refractivity contribution in [3.63, 3.8) is 0 Å². The van der Waals surface area contributed by atoms with Crippen LogP contribution >= 0.6 is 0 Å². The van der Waals surface area contributed by atoms with Crippen molar-refractivity contribution in [2.24, 2.45) is 5.73 Å². The van der Waals surface area contributed by atoms with Crippen LogP contribution in [0.4, 0.5) is 4.39 Å². The van der Waals surface area contributed by atoms with Crippen LogP contribution in [-0.2, 0) is 13.0 Å². The van der Waals surface area contributed by atoms with Crippen LogP contribution in [0.15, 0.2) is 48.5 Å².